The van der Waals surface area contributed by atoms with E-state index in [0.717, 1.165) is 26.2 Å². The molecule has 1 unspecified atom stereocenters. The van der Waals surface area contributed by atoms with Gasteiger partial charge in [-0.1, -0.05) is 20.3 Å². The second-order valence-corrected chi connectivity index (χ2v) is 5.51. The first-order valence-electron chi connectivity index (χ1n) is 6.06. The molecule has 15 heavy (non-hydrogen) atoms. The van der Waals surface area contributed by atoms with E-state index in [9.17, 15) is 0 Å². The van der Waals surface area contributed by atoms with Gasteiger partial charge in [0.15, 0.2) is 6.29 Å². The lowest BCUT2D eigenvalue weighted by Crippen LogP contribution is -2.45. The minimum absolute atomic E-state index is 0.0152. The first-order valence-corrected chi connectivity index (χ1v) is 6.06. The molecular formula is C12H23NO2. The van der Waals surface area contributed by atoms with Gasteiger partial charge >= 0.3 is 0 Å². The molecule has 0 bridgehead atoms. The van der Waals surface area contributed by atoms with E-state index >= 15 is 0 Å². The Morgan fingerprint density at radius 3 is 2.33 bits per heavy atom. The molecule has 1 heterocycles. The zero-order chi connectivity index (χ0) is 10.9. The zero-order valence-electron chi connectivity index (χ0n) is 9.92. The third-order valence-corrected chi connectivity index (χ3v) is 4.44. The van der Waals surface area contributed by atoms with Gasteiger partial charge in [0.25, 0.3) is 0 Å². The molecule has 1 aliphatic carbocycles. The van der Waals surface area contributed by atoms with E-state index in [2.05, 4.69) is 13.8 Å². The van der Waals surface area contributed by atoms with Crippen molar-refractivity contribution in [3.8, 4) is 0 Å². The first-order chi connectivity index (χ1) is 7.12. The van der Waals surface area contributed by atoms with Crippen molar-refractivity contribution in [1.82, 2.24) is 0 Å². The molecular weight excluding hydrogens is 190 g/mol. The number of hydrogen-bond acceptors (Lipinski definition) is 3. The maximum absolute atomic E-state index is 5.77. The summed E-state index contributed by atoms with van der Waals surface area (Å²) in [5, 5.41) is 0. The second-order valence-electron chi connectivity index (χ2n) is 5.51. The molecule has 1 aliphatic heterocycles. The molecule has 0 aromatic carbocycles. The molecule has 2 aliphatic rings. The Balaban J connectivity index is 2.22. The standard InChI is InChI=1S/C12H23NO2/c1-11(2)4-3-5-12(11,6-7-13)10-14-8-9-15-10/h10H,3-9,13H2,1-2H3. The van der Waals surface area contributed by atoms with E-state index in [1.807, 2.05) is 0 Å². The van der Waals surface area contributed by atoms with E-state index < -0.39 is 0 Å². The zero-order valence-corrected chi connectivity index (χ0v) is 9.92. The normalized spacial score (nSPS) is 36.2. The Labute approximate surface area is 92.3 Å². The van der Waals surface area contributed by atoms with Gasteiger partial charge in [-0.05, 0) is 31.2 Å². The van der Waals surface area contributed by atoms with Gasteiger partial charge in [-0.2, -0.15) is 0 Å². The molecule has 2 N–H and O–H groups in total. The molecule has 0 amide bonds. The fourth-order valence-electron chi connectivity index (χ4n) is 3.39. The summed E-state index contributed by atoms with van der Waals surface area (Å²) in [6, 6.07) is 0. The summed E-state index contributed by atoms with van der Waals surface area (Å²) in [5.74, 6) is 0. The highest BCUT2D eigenvalue weighted by Crippen LogP contribution is 2.58. The molecule has 88 valence electrons. The Kier molecular flexibility index (Phi) is 3.06. The monoisotopic (exact) mass is 213 g/mol. The molecule has 3 nitrogen and oxygen atoms in total. The van der Waals surface area contributed by atoms with Crippen LogP contribution in [0.3, 0.4) is 0 Å². The van der Waals surface area contributed by atoms with Crippen LogP contribution in [-0.4, -0.2) is 26.0 Å². The van der Waals surface area contributed by atoms with Crippen molar-refractivity contribution in [1.29, 1.82) is 0 Å². The van der Waals surface area contributed by atoms with Crippen LogP contribution in [0.4, 0.5) is 0 Å². The van der Waals surface area contributed by atoms with Crippen LogP contribution in [0.25, 0.3) is 0 Å². The summed E-state index contributed by atoms with van der Waals surface area (Å²) in [7, 11) is 0. The summed E-state index contributed by atoms with van der Waals surface area (Å²) in [5.41, 5.74) is 6.22. The highest BCUT2D eigenvalue weighted by molar-refractivity contribution is 5.01. The molecule has 3 heteroatoms. The average Bonchev–Trinajstić information content (AvgIpc) is 2.75. The number of rotatable bonds is 3. The fourth-order valence-corrected chi connectivity index (χ4v) is 3.39. The minimum atomic E-state index is -0.0152. The SMILES string of the molecule is CC1(C)CCCC1(CCN)C1OCCO1. The van der Waals surface area contributed by atoms with Gasteiger partial charge < -0.3 is 15.2 Å². The number of hydrogen-bond donors (Lipinski definition) is 1. The predicted octanol–water partition coefficient (Wildman–Crippen LogP) is 1.90. The topological polar surface area (TPSA) is 44.5 Å². The van der Waals surface area contributed by atoms with Crippen molar-refractivity contribution >= 4 is 0 Å². The van der Waals surface area contributed by atoms with E-state index in [4.69, 9.17) is 15.2 Å². The Hall–Kier alpha value is -0.120. The van der Waals surface area contributed by atoms with Crippen LogP contribution in [0.2, 0.25) is 0 Å². The Morgan fingerprint density at radius 1 is 1.20 bits per heavy atom. The third kappa shape index (κ3) is 1.71. The molecule has 0 spiro atoms. The molecule has 2 fully saturated rings. The predicted molar refractivity (Wildman–Crippen MR) is 59.4 cm³/mol. The summed E-state index contributed by atoms with van der Waals surface area (Å²) in [6.07, 6.45) is 4.73. The van der Waals surface area contributed by atoms with Crippen molar-refractivity contribution in [2.45, 2.75) is 45.8 Å². The van der Waals surface area contributed by atoms with Crippen molar-refractivity contribution < 1.29 is 9.47 Å². The third-order valence-electron chi connectivity index (χ3n) is 4.44. The van der Waals surface area contributed by atoms with E-state index in [0.29, 0.717) is 5.41 Å². The number of nitrogens with two attached hydrogens (primary N) is 1. The quantitative estimate of drug-likeness (QED) is 0.778. The Morgan fingerprint density at radius 2 is 1.87 bits per heavy atom. The van der Waals surface area contributed by atoms with Gasteiger partial charge in [-0.3, -0.25) is 0 Å². The van der Waals surface area contributed by atoms with Gasteiger partial charge in [0, 0.05) is 5.41 Å². The van der Waals surface area contributed by atoms with E-state index in [1.54, 1.807) is 0 Å². The maximum atomic E-state index is 5.77. The van der Waals surface area contributed by atoms with Crippen LogP contribution in [0.1, 0.15) is 39.5 Å². The van der Waals surface area contributed by atoms with Gasteiger partial charge in [-0.15, -0.1) is 0 Å². The van der Waals surface area contributed by atoms with E-state index in [1.165, 1.54) is 19.3 Å². The average molecular weight is 213 g/mol. The maximum Gasteiger partial charge on any atom is 0.163 e. The molecule has 0 aromatic heterocycles. The van der Waals surface area contributed by atoms with Crippen molar-refractivity contribution in [3.63, 3.8) is 0 Å². The summed E-state index contributed by atoms with van der Waals surface area (Å²) >= 11 is 0. The molecule has 1 atom stereocenters. The van der Waals surface area contributed by atoms with Crippen LogP contribution in [0, 0.1) is 10.8 Å². The lowest BCUT2D eigenvalue weighted by molar-refractivity contribution is -0.169. The van der Waals surface area contributed by atoms with Crippen LogP contribution in [0.15, 0.2) is 0 Å². The first kappa shape index (κ1) is 11.4. The smallest absolute Gasteiger partial charge is 0.163 e. The molecule has 0 aromatic rings. The summed E-state index contributed by atoms with van der Waals surface area (Å²) in [4.78, 5) is 0. The lowest BCUT2D eigenvalue weighted by Gasteiger charge is -2.44. The van der Waals surface area contributed by atoms with Crippen LogP contribution < -0.4 is 5.73 Å². The van der Waals surface area contributed by atoms with Crippen molar-refractivity contribution in [2.75, 3.05) is 19.8 Å². The largest absolute Gasteiger partial charge is 0.350 e. The summed E-state index contributed by atoms with van der Waals surface area (Å²) < 4.78 is 11.5. The lowest BCUT2D eigenvalue weighted by atomic mass is 9.65. The summed E-state index contributed by atoms with van der Waals surface area (Å²) in [6.45, 7) is 6.88. The fraction of sp³-hybridized carbons (Fsp3) is 1.00. The van der Waals surface area contributed by atoms with Crippen molar-refractivity contribution in [2.24, 2.45) is 16.6 Å². The second kappa shape index (κ2) is 4.04. The molecule has 1 saturated carbocycles. The van der Waals surface area contributed by atoms with Gasteiger partial charge in [0.1, 0.15) is 0 Å². The minimum Gasteiger partial charge on any atom is -0.350 e. The van der Waals surface area contributed by atoms with Crippen LogP contribution >= 0.6 is 0 Å². The molecule has 0 radical (unpaired) electrons. The molecule has 1 saturated heterocycles. The highest BCUT2D eigenvalue weighted by Gasteiger charge is 2.55. The number of ether oxygens (including phenoxy) is 2. The highest BCUT2D eigenvalue weighted by atomic mass is 16.7. The Bertz CT molecular complexity index is 224. The van der Waals surface area contributed by atoms with Gasteiger partial charge in [0.2, 0.25) is 0 Å². The van der Waals surface area contributed by atoms with Gasteiger partial charge in [-0.25, -0.2) is 0 Å². The van der Waals surface area contributed by atoms with E-state index in [-0.39, 0.29) is 11.7 Å². The van der Waals surface area contributed by atoms with Crippen molar-refractivity contribution in [3.05, 3.63) is 0 Å². The van der Waals surface area contributed by atoms with Crippen LogP contribution in [0.5, 0.6) is 0 Å². The van der Waals surface area contributed by atoms with Gasteiger partial charge in [0.05, 0.1) is 13.2 Å². The molecule has 2 rings (SSSR count). The van der Waals surface area contributed by atoms with Crippen LogP contribution in [-0.2, 0) is 9.47 Å².